The van der Waals surface area contributed by atoms with E-state index in [2.05, 4.69) is 10.3 Å². The molecule has 2 rings (SSSR count). The second-order valence-electron chi connectivity index (χ2n) is 3.18. The predicted octanol–water partition coefficient (Wildman–Crippen LogP) is 2.57. The highest BCUT2D eigenvalue weighted by Crippen LogP contribution is 2.24. The van der Waals surface area contributed by atoms with Crippen LogP contribution in [0.1, 0.15) is 5.69 Å². The lowest BCUT2D eigenvalue weighted by Crippen LogP contribution is -1.98. The number of non-ortho nitro benzene ring substituents is 1. The first-order chi connectivity index (χ1) is 8.11. The molecule has 1 aromatic heterocycles. The van der Waals surface area contributed by atoms with Crippen LogP contribution in [0.2, 0.25) is 5.02 Å². The van der Waals surface area contributed by atoms with Crippen molar-refractivity contribution in [1.82, 2.24) is 15.0 Å². The van der Waals surface area contributed by atoms with Crippen LogP contribution in [0.3, 0.4) is 0 Å². The van der Waals surface area contributed by atoms with Crippen molar-refractivity contribution in [2.75, 3.05) is 0 Å². The van der Waals surface area contributed by atoms with E-state index in [-0.39, 0.29) is 11.6 Å². The smallest absolute Gasteiger partial charge is 0.258 e. The van der Waals surface area contributed by atoms with Crippen molar-refractivity contribution in [3.05, 3.63) is 45.2 Å². The first kappa shape index (κ1) is 11.8. The Kier molecular flexibility index (Phi) is 3.26. The number of nitro benzene ring substituents is 1. The van der Waals surface area contributed by atoms with E-state index < -0.39 is 4.92 Å². The zero-order valence-corrected chi connectivity index (χ0v) is 9.89. The van der Waals surface area contributed by atoms with E-state index in [9.17, 15) is 10.1 Å². The summed E-state index contributed by atoms with van der Waals surface area (Å²) in [7, 11) is 0. The van der Waals surface area contributed by atoms with Crippen molar-refractivity contribution in [2.45, 2.75) is 5.88 Å². The number of benzene rings is 1. The van der Waals surface area contributed by atoms with Gasteiger partial charge in [0.1, 0.15) is 0 Å². The van der Waals surface area contributed by atoms with Gasteiger partial charge in [0.15, 0.2) is 0 Å². The summed E-state index contributed by atoms with van der Waals surface area (Å²) in [5, 5.41) is 18.6. The third-order valence-electron chi connectivity index (χ3n) is 2.07. The van der Waals surface area contributed by atoms with Gasteiger partial charge in [0.05, 0.1) is 33.4 Å². The highest BCUT2D eigenvalue weighted by molar-refractivity contribution is 6.32. The van der Waals surface area contributed by atoms with Crippen LogP contribution in [0.25, 0.3) is 5.69 Å². The molecule has 1 heterocycles. The average molecular weight is 273 g/mol. The van der Waals surface area contributed by atoms with Crippen molar-refractivity contribution in [1.29, 1.82) is 0 Å². The van der Waals surface area contributed by atoms with Gasteiger partial charge in [-0.25, -0.2) is 4.68 Å². The summed E-state index contributed by atoms with van der Waals surface area (Å²) in [6.45, 7) is 0. The van der Waals surface area contributed by atoms with Crippen LogP contribution < -0.4 is 0 Å². The molecule has 8 heteroatoms. The van der Waals surface area contributed by atoms with Crippen LogP contribution in [0.5, 0.6) is 0 Å². The fraction of sp³-hybridized carbons (Fsp3) is 0.111. The lowest BCUT2D eigenvalue weighted by atomic mass is 10.3. The first-order valence-electron chi connectivity index (χ1n) is 4.53. The molecule has 0 bridgehead atoms. The molecule has 88 valence electrons. The Morgan fingerprint density at radius 3 is 2.82 bits per heavy atom. The number of nitrogens with zero attached hydrogens (tertiary/aromatic N) is 4. The van der Waals surface area contributed by atoms with E-state index in [1.165, 1.54) is 22.9 Å². The second-order valence-corrected chi connectivity index (χ2v) is 3.86. The lowest BCUT2D eigenvalue weighted by Gasteiger charge is -2.02. The van der Waals surface area contributed by atoms with Gasteiger partial charge in [-0.3, -0.25) is 10.1 Å². The van der Waals surface area contributed by atoms with E-state index in [1.54, 1.807) is 6.20 Å². The normalized spacial score (nSPS) is 10.5. The Morgan fingerprint density at radius 1 is 1.47 bits per heavy atom. The number of aromatic nitrogens is 3. The summed E-state index contributed by atoms with van der Waals surface area (Å²) in [4.78, 5) is 10.2. The topological polar surface area (TPSA) is 73.8 Å². The molecule has 0 aliphatic carbocycles. The molecule has 0 aliphatic rings. The molecule has 0 radical (unpaired) electrons. The Bertz CT molecular complexity index is 570. The Hall–Kier alpha value is -1.66. The number of hydrogen-bond acceptors (Lipinski definition) is 4. The van der Waals surface area contributed by atoms with Crippen molar-refractivity contribution in [3.8, 4) is 5.69 Å². The van der Waals surface area contributed by atoms with Crippen LogP contribution >= 0.6 is 23.2 Å². The molecule has 6 nitrogen and oxygen atoms in total. The SMILES string of the molecule is O=[N+]([O-])c1ccc(Cl)c(-n2cc(CCl)nn2)c1. The molecule has 17 heavy (non-hydrogen) atoms. The van der Waals surface area contributed by atoms with Crippen molar-refractivity contribution < 1.29 is 4.92 Å². The van der Waals surface area contributed by atoms with Crippen molar-refractivity contribution >= 4 is 28.9 Å². The third-order valence-corrected chi connectivity index (χ3v) is 2.66. The van der Waals surface area contributed by atoms with Gasteiger partial charge in [0, 0.05) is 12.1 Å². The molecule has 2 aromatic rings. The van der Waals surface area contributed by atoms with Crippen molar-refractivity contribution in [3.63, 3.8) is 0 Å². The van der Waals surface area contributed by atoms with E-state index in [1.807, 2.05) is 0 Å². The monoisotopic (exact) mass is 272 g/mol. The first-order valence-corrected chi connectivity index (χ1v) is 5.44. The largest absolute Gasteiger partial charge is 0.271 e. The van der Waals surface area contributed by atoms with E-state index in [0.29, 0.717) is 16.4 Å². The molecule has 0 aliphatic heterocycles. The molecular weight excluding hydrogens is 267 g/mol. The maximum atomic E-state index is 10.7. The van der Waals surface area contributed by atoms with Crippen LogP contribution in [0.4, 0.5) is 5.69 Å². The third kappa shape index (κ3) is 2.37. The molecule has 0 fully saturated rings. The molecule has 1 aromatic carbocycles. The summed E-state index contributed by atoms with van der Waals surface area (Å²) in [5.41, 5.74) is 0.895. The van der Waals surface area contributed by atoms with Gasteiger partial charge in [0.25, 0.3) is 5.69 Å². The molecular formula is C9H6Cl2N4O2. The van der Waals surface area contributed by atoms with Gasteiger partial charge >= 0.3 is 0 Å². The maximum absolute atomic E-state index is 10.7. The van der Waals surface area contributed by atoms with Crippen LogP contribution in [0, 0.1) is 10.1 Å². The van der Waals surface area contributed by atoms with Gasteiger partial charge in [-0.05, 0) is 6.07 Å². The van der Waals surface area contributed by atoms with Crippen molar-refractivity contribution in [2.24, 2.45) is 0 Å². The number of nitro groups is 1. The fourth-order valence-electron chi connectivity index (χ4n) is 1.27. The Balaban J connectivity index is 2.49. The molecule has 0 saturated carbocycles. The van der Waals surface area contributed by atoms with Gasteiger partial charge < -0.3 is 0 Å². The fourth-order valence-corrected chi connectivity index (χ4v) is 1.59. The zero-order valence-electron chi connectivity index (χ0n) is 8.38. The Morgan fingerprint density at radius 2 is 2.24 bits per heavy atom. The number of halogens is 2. The van der Waals surface area contributed by atoms with Gasteiger partial charge in [-0.2, -0.15) is 0 Å². The quantitative estimate of drug-likeness (QED) is 0.489. The number of rotatable bonds is 3. The predicted molar refractivity (Wildman–Crippen MR) is 62.6 cm³/mol. The minimum Gasteiger partial charge on any atom is -0.258 e. The van der Waals surface area contributed by atoms with Gasteiger partial charge in [-0.15, -0.1) is 16.7 Å². The summed E-state index contributed by atoms with van der Waals surface area (Å²) >= 11 is 11.5. The van der Waals surface area contributed by atoms with E-state index >= 15 is 0 Å². The second kappa shape index (κ2) is 4.68. The van der Waals surface area contributed by atoms with Crippen LogP contribution in [0.15, 0.2) is 24.4 Å². The van der Waals surface area contributed by atoms with E-state index in [0.717, 1.165) is 0 Å². The lowest BCUT2D eigenvalue weighted by molar-refractivity contribution is -0.384. The van der Waals surface area contributed by atoms with Crippen LogP contribution in [-0.4, -0.2) is 19.9 Å². The summed E-state index contributed by atoms with van der Waals surface area (Å²) in [5.74, 6) is 0.215. The standard InChI is InChI=1S/C9H6Cl2N4O2/c10-4-6-5-14(13-12-6)9-3-7(15(16)17)1-2-8(9)11/h1-3,5H,4H2. The van der Waals surface area contributed by atoms with Gasteiger partial charge in [0.2, 0.25) is 0 Å². The number of alkyl halides is 1. The summed E-state index contributed by atoms with van der Waals surface area (Å²) in [6, 6.07) is 4.09. The summed E-state index contributed by atoms with van der Waals surface area (Å²) < 4.78 is 1.35. The van der Waals surface area contributed by atoms with Crippen LogP contribution in [-0.2, 0) is 5.88 Å². The molecule has 0 atom stereocenters. The number of hydrogen-bond donors (Lipinski definition) is 0. The average Bonchev–Trinajstić information content (AvgIpc) is 2.77. The molecule has 0 unspecified atom stereocenters. The highest BCUT2D eigenvalue weighted by atomic mass is 35.5. The maximum Gasteiger partial charge on any atom is 0.271 e. The van der Waals surface area contributed by atoms with E-state index in [4.69, 9.17) is 23.2 Å². The molecule has 0 amide bonds. The minimum absolute atomic E-state index is 0.0627. The molecule has 0 spiro atoms. The zero-order chi connectivity index (χ0) is 12.4. The molecule has 0 saturated heterocycles. The van der Waals surface area contributed by atoms with Gasteiger partial charge in [-0.1, -0.05) is 16.8 Å². The highest BCUT2D eigenvalue weighted by Gasteiger charge is 2.12. The Labute approximate surface area is 106 Å². The minimum atomic E-state index is -0.501. The molecule has 0 N–H and O–H groups in total. The summed E-state index contributed by atoms with van der Waals surface area (Å²) in [6.07, 6.45) is 1.57.